The molecule has 0 aromatic heterocycles. The van der Waals surface area contributed by atoms with Crippen molar-refractivity contribution in [1.82, 2.24) is 0 Å². The maximum absolute atomic E-state index is 12.3. The summed E-state index contributed by atoms with van der Waals surface area (Å²) in [4.78, 5) is 24.9. The Hall–Kier alpha value is -2.70. The van der Waals surface area contributed by atoms with Gasteiger partial charge in [0.2, 0.25) is 5.91 Å². The van der Waals surface area contributed by atoms with Crippen molar-refractivity contribution >= 4 is 17.5 Å². The van der Waals surface area contributed by atoms with Crippen LogP contribution >= 0.6 is 0 Å². The van der Waals surface area contributed by atoms with Gasteiger partial charge in [0.15, 0.2) is 0 Å². The Bertz CT molecular complexity index is 736. The van der Waals surface area contributed by atoms with Crippen molar-refractivity contribution < 1.29 is 19.2 Å². The van der Waals surface area contributed by atoms with Gasteiger partial charge >= 0.3 is 0 Å². The molecule has 2 amide bonds. The quantitative estimate of drug-likeness (QED) is 0.739. The Morgan fingerprint density at radius 1 is 0.960 bits per heavy atom. The van der Waals surface area contributed by atoms with Crippen molar-refractivity contribution in [3.05, 3.63) is 65.2 Å². The SMILES string of the molecule is NC(=O)c1ccc(NC(=O)c2ccc(C[NH+]3CCOCC3)cc2)cc1. The summed E-state index contributed by atoms with van der Waals surface area (Å²) in [6.45, 7) is 4.60. The van der Waals surface area contributed by atoms with Crippen LogP contribution in [0.2, 0.25) is 0 Å². The summed E-state index contributed by atoms with van der Waals surface area (Å²) in [7, 11) is 0. The highest BCUT2D eigenvalue weighted by Crippen LogP contribution is 2.12. The topological polar surface area (TPSA) is 85.9 Å². The molecule has 6 nitrogen and oxygen atoms in total. The highest BCUT2D eigenvalue weighted by atomic mass is 16.5. The van der Waals surface area contributed by atoms with Gasteiger partial charge in [-0.3, -0.25) is 9.59 Å². The molecule has 2 aromatic rings. The van der Waals surface area contributed by atoms with E-state index in [0.717, 1.165) is 32.8 Å². The zero-order valence-corrected chi connectivity index (χ0v) is 14.0. The number of nitrogens with one attached hydrogen (secondary N) is 2. The first-order valence-corrected chi connectivity index (χ1v) is 8.33. The van der Waals surface area contributed by atoms with E-state index in [-0.39, 0.29) is 5.91 Å². The Morgan fingerprint density at radius 2 is 1.56 bits per heavy atom. The van der Waals surface area contributed by atoms with Crippen LogP contribution in [0, 0.1) is 0 Å². The van der Waals surface area contributed by atoms with Crippen molar-refractivity contribution in [1.29, 1.82) is 0 Å². The molecule has 1 fully saturated rings. The van der Waals surface area contributed by atoms with Crippen LogP contribution in [-0.2, 0) is 11.3 Å². The fraction of sp³-hybridized carbons (Fsp3) is 0.263. The summed E-state index contributed by atoms with van der Waals surface area (Å²) >= 11 is 0. The number of hydrogen-bond acceptors (Lipinski definition) is 3. The van der Waals surface area contributed by atoms with Gasteiger partial charge in [0, 0.05) is 22.4 Å². The number of nitrogens with two attached hydrogens (primary N) is 1. The number of amides is 2. The number of morpholine rings is 1. The predicted octanol–water partition coefficient (Wildman–Crippen LogP) is 0.453. The molecule has 1 saturated heterocycles. The molecule has 1 aliphatic heterocycles. The summed E-state index contributed by atoms with van der Waals surface area (Å²) in [5, 5.41) is 2.81. The summed E-state index contributed by atoms with van der Waals surface area (Å²) < 4.78 is 5.37. The van der Waals surface area contributed by atoms with E-state index in [1.165, 1.54) is 10.5 Å². The molecule has 0 radical (unpaired) electrons. The molecule has 0 bridgehead atoms. The summed E-state index contributed by atoms with van der Waals surface area (Å²) in [6.07, 6.45) is 0. The lowest BCUT2D eigenvalue weighted by Gasteiger charge is -2.23. The standard InChI is InChI=1S/C19H21N3O3/c20-18(23)15-5-7-17(8-6-15)21-19(24)16-3-1-14(2-4-16)13-22-9-11-25-12-10-22/h1-8H,9-13H2,(H2,20,23)(H,21,24)/p+1. The maximum Gasteiger partial charge on any atom is 0.255 e. The molecule has 2 aromatic carbocycles. The number of ether oxygens (including phenoxy) is 1. The average Bonchev–Trinajstić information content (AvgIpc) is 2.63. The van der Waals surface area contributed by atoms with Crippen molar-refractivity contribution in [3.63, 3.8) is 0 Å². The molecule has 25 heavy (non-hydrogen) atoms. The molecule has 1 aliphatic rings. The van der Waals surface area contributed by atoms with Crippen LogP contribution in [0.1, 0.15) is 26.3 Å². The van der Waals surface area contributed by atoms with Gasteiger partial charge in [0.1, 0.15) is 19.6 Å². The van der Waals surface area contributed by atoms with E-state index in [4.69, 9.17) is 10.5 Å². The monoisotopic (exact) mass is 340 g/mol. The number of anilines is 1. The molecular formula is C19H22N3O3+. The van der Waals surface area contributed by atoms with Crippen molar-refractivity contribution in [3.8, 4) is 0 Å². The molecule has 0 aliphatic carbocycles. The molecule has 0 atom stereocenters. The third-order valence-corrected chi connectivity index (χ3v) is 4.30. The number of rotatable bonds is 5. The average molecular weight is 340 g/mol. The second-order valence-corrected chi connectivity index (χ2v) is 6.13. The van der Waals surface area contributed by atoms with Crippen LogP contribution in [0.15, 0.2) is 48.5 Å². The van der Waals surface area contributed by atoms with Gasteiger partial charge < -0.3 is 20.7 Å². The smallest absolute Gasteiger partial charge is 0.255 e. The van der Waals surface area contributed by atoms with E-state index < -0.39 is 5.91 Å². The maximum atomic E-state index is 12.3. The van der Waals surface area contributed by atoms with E-state index >= 15 is 0 Å². The number of carbonyl (C=O) groups excluding carboxylic acids is 2. The van der Waals surface area contributed by atoms with Gasteiger partial charge in [-0.2, -0.15) is 0 Å². The Balaban J connectivity index is 1.59. The van der Waals surface area contributed by atoms with Crippen molar-refractivity contribution in [2.45, 2.75) is 6.54 Å². The Labute approximate surface area is 146 Å². The van der Waals surface area contributed by atoms with Crippen LogP contribution < -0.4 is 16.0 Å². The third kappa shape index (κ3) is 4.65. The highest BCUT2D eigenvalue weighted by Gasteiger charge is 2.14. The van der Waals surface area contributed by atoms with Gasteiger partial charge in [0.25, 0.3) is 5.91 Å². The Kier molecular flexibility index (Phi) is 5.42. The zero-order valence-electron chi connectivity index (χ0n) is 14.0. The molecule has 6 heteroatoms. The molecule has 1 heterocycles. The summed E-state index contributed by atoms with van der Waals surface area (Å²) in [5.41, 5.74) is 8.04. The highest BCUT2D eigenvalue weighted by molar-refractivity contribution is 6.04. The van der Waals surface area contributed by atoms with E-state index in [2.05, 4.69) is 5.32 Å². The van der Waals surface area contributed by atoms with Gasteiger partial charge in [-0.05, 0) is 36.4 Å². The molecular weight excluding hydrogens is 318 g/mol. The van der Waals surface area contributed by atoms with E-state index in [1.54, 1.807) is 24.3 Å². The second-order valence-electron chi connectivity index (χ2n) is 6.13. The van der Waals surface area contributed by atoms with Gasteiger partial charge in [-0.25, -0.2) is 0 Å². The lowest BCUT2D eigenvalue weighted by Crippen LogP contribution is -3.12. The first kappa shape index (κ1) is 17.1. The fourth-order valence-corrected chi connectivity index (χ4v) is 2.82. The predicted molar refractivity (Wildman–Crippen MR) is 94.6 cm³/mol. The van der Waals surface area contributed by atoms with Crippen LogP contribution in [0.25, 0.3) is 0 Å². The van der Waals surface area contributed by atoms with Crippen LogP contribution in [0.4, 0.5) is 5.69 Å². The lowest BCUT2D eigenvalue weighted by molar-refractivity contribution is -0.921. The van der Waals surface area contributed by atoms with E-state index in [1.807, 2.05) is 24.3 Å². The molecule has 0 saturated carbocycles. The first-order chi connectivity index (χ1) is 12.1. The van der Waals surface area contributed by atoms with Crippen LogP contribution in [-0.4, -0.2) is 38.1 Å². The normalized spacial score (nSPS) is 14.9. The van der Waals surface area contributed by atoms with Gasteiger partial charge in [-0.1, -0.05) is 12.1 Å². The fourth-order valence-electron chi connectivity index (χ4n) is 2.82. The number of quaternary nitrogens is 1. The number of hydrogen-bond donors (Lipinski definition) is 3. The molecule has 0 spiro atoms. The van der Waals surface area contributed by atoms with Gasteiger partial charge in [0.05, 0.1) is 13.2 Å². The van der Waals surface area contributed by atoms with Crippen LogP contribution in [0.3, 0.4) is 0 Å². The third-order valence-electron chi connectivity index (χ3n) is 4.30. The molecule has 4 N–H and O–H groups in total. The first-order valence-electron chi connectivity index (χ1n) is 8.33. The molecule has 3 rings (SSSR count). The van der Waals surface area contributed by atoms with E-state index in [9.17, 15) is 9.59 Å². The zero-order chi connectivity index (χ0) is 17.6. The largest absolute Gasteiger partial charge is 0.370 e. The van der Waals surface area contributed by atoms with Crippen molar-refractivity contribution in [2.75, 3.05) is 31.6 Å². The number of primary amides is 1. The van der Waals surface area contributed by atoms with Crippen molar-refractivity contribution in [2.24, 2.45) is 5.73 Å². The van der Waals surface area contributed by atoms with Gasteiger partial charge in [-0.15, -0.1) is 0 Å². The minimum atomic E-state index is -0.490. The second kappa shape index (κ2) is 7.92. The van der Waals surface area contributed by atoms with Crippen LogP contribution in [0.5, 0.6) is 0 Å². The minimum Gasteiger partial charge on any atom is -0.370 e. The summed E-state index contributed by atoms with van der Waals surface area (Å²) in [6, 6.07) is 14.2. The Morgan fingerprint density at radius 3 is 2.16 bits per heavy atom. The molecule has 130 valence electrons. The number of carbonyl (C=O) groups is 2. The lowest BCUT2D eigenvalue weighted by atomic mass is 10.1. The summed E-state index contributed by atoms with van der Waals surface area (Å²) in [5.74, 6) is -0.673. The minimum absolute atomic E-state index is 0.183. The van der Waals surface area contributed by atoms with E-state index in [0.29, 0.717) is 16.8 Å². The number of benzene rings is 2. The molecule has 0 unspecified atom stereocenters.